The average molecular weight is 276 g/mol. The molecule has 1 aliphatic heterocycles. The predicted molar refractivity (Wildman–Crippen MR) is 84.2 cm³/mol. The molecule has 1 atom stereocenters. The van der Waals surface area contributed by atoms with Crippen LogP contribution in [0, 0.1) is 5.41 Å². The Hall–Kier alpha value is -1.06. The molecule has 0 bridgehead atoms. The number of benzene rings is 1. The van der Waals surface area contributed by atoms with Gasteiger partial charge in [-0.05, 0) is 49.5 Å². The molecule has 1 saturated heterocycles. The molecule has 0 saturated carbocycles. The van der Waals surface area contributed by atoms with Crippen molar-refractivity contribution in [2.45, 2.75) is 32.7 Å². The largest absolute Gasteiger partial charge is 0.497 e. The van der Waals surface area contributed by atoms with E-state index in [4.69, 9.17) is 4.74 Å². The lowest BCUT2D eigenvalue weighted by Crippen LogP contribution is -2.37. The van der Waals surface area contributed by atoms with Crippen molar-refractivity contribution in [2.75, 3.05) is 33.8 Å². The molecular weight excluding hydrogens is 248 g/mol. The molecule has 0 radical (unpaired) electrons. The molecule has 1 aromatic rings. The van der Waals surface area contributed by atoms with Gasteiger partial charge in [0, 0.05) is 19.6 Å². The van der Waals surface area contributed by atoms with Crippen LogP contribution in [0.1, 0.15) is 31.7 Å². The molecule has 1 aromatic carbocycles. The summed E-state index contributed by atoms with van der Waals surface area (Å²) >= 11 is 0. The Morgan fingerprint density at radius 1 is 1.40 bits per heavy atom. The molecule has 1 aliphatic rings. The van der Waals surface area contributed by atoms with Gasteiger partial charge in [-0.1, -0.05) is 25.5 Å². The van der Waals surface area contributed by atoms with E-state index in [1.807, 2.05) is 6.07 Å². The number of nitrogens with zero attached hydrogens (tertiary/aromatic N) is 1. The van der Waals surface area contributed by atoms with Gasteiger partial charge in [-0.3, -0.25) is 0 Å². The fourth-order valence-corrected chi connectivity index (χ4v) is 3.46. The first-order valence-electron chi connectivity index (χ1n) is 7.70. The summed E-state index contributed by atoms with van der Waals surface area (Å²) in [6.07, 6.45) is 3.90. The van der Waals surface area contributed by atoms with Crippen molar-refractivity contribution in [3.63, 3.8) is 0 Å². The van der Waals surface area contributed by atoms with Crippen molar-refractivity contribution < 1.29 is 4.74 Å². The minimum absolute atomic E-state index is 0.475. The second kappa shape index (κ2) is 7.09. The van der Waals surface area contributed by atoms with E-state index >= 15 is 0 Å². The molecule has 0 spiro atoms. The van der Waals surface area contributed by atoms with Crippen LogP contribution in [0.5, 0.6) is 5.75 Å². The summed E-state index contributed by atoms with van der Waals surface area (Å²) in [5, 5.41) is 3.54. The van der Waals surface area contributed by atoms with Crippen molar-refractivity contribution in [3.05, 3.63) is 29.8 Å². The van der Waals surface area contributed by atoms with Crippen molar-refractivity contribution in [1.29, 1.82) is 0 Å². The van der Waals surface area contributed by atoms with Gasteiger partial charge in [-0.2, -0.15) is 0 Å². The minimum atomic E-state index is 0.475. The third-order valence-electron chi connectivity index (χ3n) is 4.30. The Kier molecular flexibility index (Phi) is 5.44. The summed E-state index contributed by atoms with van der Waals surface area (Å²) in [5.41, 5.74) is 1.80. The number of rotatable bonds is 7. The van der Waals surface area contributed by atoms with E-state index in [1.54, 1.807) is 7.11 Å². The molecule has 0 aliphatic carbocycles. The maximum absolute atomic E-state index is 5.30. The highest BCUT2D eigenvalue weighted by Crippen LogP contribution is 2.32. The van der Waals surface area contributed by atoms with Crippen molar-refractivity contribution in [3.8, 4) is 5.75 Å². The van der Waals surface area contributed by atoms with E-state index in [9.17, 15) is 0 Å². The average Bonchev–Trinajstić information content (AvgIpc) is 2.87. The van der Waals surface area contributed by atoms with Gasteiger partial charge in [0.1, 0.15) is 5.75 Å². The fourth-order valence-electron chi connectivity index (χ4n) is 3.46. The normalized spacial score (nSPS) is 22.4. The van der Waals surface area contributed by atoms with Gasteiger partial charge in [0.2, 0.25) is 0 Å². The Labute approximate surface area is 123 Å². The second-order valence-corrected chi connectivity index (χ2v) is 6.20. The van der Waals surface area contributed by atoms with Gasteiger partial charge in [0.15, 0.2) is 0 Å². The third kappa shape index (κ3) is 3.97. The predicted octanol–water partition coefficient (Wildman–Crippen LogP) is 2.91. The molecular formula is C17H28N2O. The van der Waals surface area contributed by atoms with Gasteiger partial charge in [0.05, 0.1) is 7.11 Å². The second-order valence-electron chi connectivity index (χ2n) is 6.20. The van der Waals surface area contributed by atoms with Crippen molar-refractivity contribution in [2.24, 2.45) is 5.41 Å². The number of ether oxygens (including phenoxy) is 1. The third-order valence-corrected chi connectivity index (χ3v) is 4.30. The van der Waals surface area contributed by atoms with Gasteiger partial charge < -0.3 is 15.0 Å². The van der Waals surface area contributed by atoms with Gasteiger partial charge in [-0.15, -0.1) is 0 Å². The SMILES string of the molecule is CCCC1(CN(C)Cc2cccc(OC)c2)CCNC1. The summed E-state index contributed by atoms with van der Waals surface area (Å²) in [6, 6.07) is 8.39. The lowest BCUT2D eigenvalue weighted by Gasteiger charge is -2.33. The highest BCUT2D eigenvalue weighted by molar-refractivity contribution is 5.28. The number of methoxy groups -OCH3 is 1. The Morgan fingerprint density at radius 3 is 2.90 bits per heavy atom. The molecule has 112 valence electrons. The van der Waals surface area contributed by atoms with Crippen LogP contribution in [-0.2, 0) is 6.54 Å². The maximum atomic E-state index is 5.30. The van der Waals surface area contributed by atoms with Crippen LogP contribution in [0.25, 0.3) is 0 Å². The van der Waals surface area contributed by atoms with Crippen LogP contribution in [0.3, 0.4) is 0 Å². The van der Waals surface area contributed by atoms with Crippen LogP contribution >= 0.6 is 0 Å². The van der Waals surface area contributed by atoms with Crippen LogP contribution in [-0.4, -0.2) is 38.7 Å². The monoisotopic (exact) mass is 276 g/mol. The van der Waals surface area contributed by atoms with E-state index in [0.717, 1.165) is 12.3 Å². The Morgan fingerprint density at radius 2 is 2.25 bits per heavy atom. The first-order valence-corrected chi connectivity index (χ1v) is 7.70. The molecule has 1 N–H and O–H groups in total. The summed E-state index contributed by atoms with van der Waals surface area (Å²) < 4.78 is 5.30. The van der Waals surface area contributed by atoms with Crippen LogP contribution < -0.4 is 10.1 Å². The van der Waals surface area contributed by atoms with Crippen LogP contribution in [0.4, 0.5) is 0 Å². The van der Waals surface area contributed by atoms with E-state index in [0.29, 0.717) is 5.41 Å². The van der Waals surface area contributed by atoms with Crippen molar-refractivity contribution in [1.82, 2.24) is 10.2 Å². The molecule has 0 aromatic heterocycles. The summed E-state index contributed by atoms with van der Waals surface area (Å²) in [7, 11) is 3.96. The molecule has 3 nitrogen and oxygen atoms in total. The molecule has 3 heteroatoms. The standard InChI is InChI=1S/C17H28N2O/c1-4-8-17(9-10-18-13-17)14-19(2)12-15-6-5-7-16(11-15)20-3/h5-7,11,18H,4,8-10,12-14H2,1-3H3. The number of nitrogens with one attached hydrogen (secondary N) is 1. The van der Waals surface area contributed by atoms with E-state index in [2.05, 4.69) is 42.4 Å². The van der Waals surface area contributed by atoms with Crippen LogP contribution in [0.15, 0.2) is 24.3 Å². The first-order chi connectivity index (χ1) is 9.67. The van der Waals surface area contributed by atoms with Gasteiger partial charge in [0.25, 0.3) is 0 Å². The molecule has 2 rings (SSSR count). The number of hydrogen-bond donors (Lipinski definition) is 1. The summed E-state index contributed by atoms with van der Waals surface area (Å²) in [5.74, 6) is 0.946. The summed E-state index contributed by atoms with van der Waals surface area (Å²) in [6.45, 7) is 6.80. The number of hydrogen-bond acceptors (Lipinski definition) is 3. The quantitative estimate of drug-likeness (QED) is 0.829. The van der Waals surface area contributed by atoms with Crippen LogP contribution in [0.2, 0.25) is 0 Å². The van der Waals surface area contributed by atoms with Gasteiger partial charge >= 0.3 is 0 Å². The smallest absolute Gasteiger partial charge is 0.119 e. The molecule has 0 amide bonds. The van der Waals surface area contributed by atoms with E-state index < -0.39 is 0 Å². The Bertz CT molecular complexity index is 413. The maximum Gasteiger partial charge on any atom is 0.119 e. The highest BCUT2D eigenvalue weighted by Gasteiger charge is 2.33. The van der Waals surface area contributed by atoms with E-state index in [1.165, 1.54) is 44.5 Å². The lowest BCUT2D eigenvalue weighted by atomic mass is 9.82. The highest BCUT2D eigenvalue weighted by atomic mass is 16.5. The molecule has 1 unspecified atom stereocenters. The zero-order valence-electron chi connectivity index (χ0n) is 13.1. The van der Waals surface area contributed by atoms with E-state index in [-0.39, 0.29) is 0 Å². The molecule has 20 heavy (non-hydrogen) atoms. The summed E-state index contributed by atoms with van der Waals surface area (Å²) in [4.78, 5) is 2.46. The lowest BCUT2D eigenvalue weighted by molar-refractivity contribution is 0.172. The fraction of sp³-hybridized carbons (Fsp3) is 0.647. The zero-order valence-corrected chi connectivity index (χ0v) is 13.1. The molecule has 1 heterocycles. The molecule has 1 fully saturated rings. The minimum Gasteiger partial charge on any atom is -0.497 e. The Balaban J connectivity index is 1.95. The van der Waals surface area contributed by atoms with Crippen molar-refractivity contribution >= 4 is 0 Å². The topological polar surface area (TPSA) is 24.5 Å². The van der Waals surface area contributed by atoms with Gasteiger partial charge in [-0.25, -0.2) is 0 Å². The zero-order chi connectivity index (χ0) is 14.4. The first kappa shape index (κ1) is 15.3.